The van der Waals surface area contributed by atoms with E-state index in [1.54, 1.807) is 7.11 Å². The van der Waals surface area contributed by atoms with E-state index < -0.39 is 0 Å². The van der Waals surface area contributed by atoms with E-state index >= 15 is 0 Å². The number of ether oxygens (including phenoxy) is 1. The van der Waals surface area contributed by atoms with Crippen molar-refractivity contribution in [1.82, 2.24) is 4.90 Å². The van der Waals surface area contributed by atoms with Gasteiger partial charge in [0.15, 0.2) is 0 Å². The fourth-order valence-corrected chi connectivity index (χ4v) is 3.13. The zero-order chi connectivity index (χ0) is 14.7. The quantitative estimate of drug-likeness (QED) is 0.862. The molecule has 1 saturated heterocycles. The van der Waals surface area contributed by atoms with Crippen molar-refractivity contribution in [1.29, 1.82) is 0 Å². The maximum Gasteiger partial charge on any atom is 0.119 e. The zero-order valence-corrected chi connectivity index (χ0v) is 12.6. The summed E-state index contributed by atoms with van der Waals surface area (Å²) in [5.74, 6) is 1.21. The molecule has 4 atom stereocenters. The van der Waals surface area contributed by atoms with E-state index in [1.807, 2.05) is 26.0 Å². The monoisotopic (exact) mass is 278 g/mol. The molecule has 1 fully saturated rings. The van der Waals surface area contributed by atoms with Gasteiger partial charge in [-0.05, 0) is 50.4 Å². The van der Waals surface area contributed by atoms with Gasteiger partial charge < -0.3 is 15.6 Å². The van der Waals surface area contributed by atoms with Crippen molar-refractivity contribution in [3.63, 3.8) is 0 Å². The second kappa shape index (κ2) is 6.57. The number of hydrogen-bond acceptors (Lipinski definition) is 4. The molecule has 2 rings (SSSR count). The van der Waals surface area contributed by atoms with Crippen LogP contribution in [0.1, 0.15) is 31.9 Å². The van der Waals surface area contributed by atoms with Crippen molar-refractivity contribution in [2.24, 2.45) is 11.7 Å². The molecule has 1 aromatic rings. The highest BCUT2D eigenvalue weighted by Gasteiger charge is 2.33. The van der Waals surface area contributed by atoms with Gasteiger partial charge >= 0.3 is 0 Å². The van der Waals surface area contributed by atoms with Gasteiger partial charge in [-0.2, -0.15) is 0 Å². The van der Waals surface area contributed by atoms with Crippen LogP contribution in [-0.2, 0) is 0 Å². The van der Waals surface area contributed by atoms with Gasteiger partial charge in [-0.15, -0.1) is 0 Å². The first-order chi connectivity index (χ1) is 9.52. The second-order valence-corrected chi connectivity index (χ2v) is 5.86. The number of hydrogen-bond donors (Lipinski definition) is 2. The number of nitrogens with two attached hydrogens (primary N) is 1. The molecule has 1 aliphatic rings. The second-order valence-electron chi connectivity index (χ2n) is 5.86. The molecular formula is C16H26N2O2. The van der Waals surface area contributed by atoms with Crippen molar-refractivity contribution in [3.05, 3.63) is 29.8 Å². The molecule has 0 saturated carbocycles. The fraction of sp³-hybridized carbons (Fsp3) is 0.625. The Bertz CT molecular complexity index is 434. The number of nitrogens with zero attached hydrogens (tertiary/aromatic N) is 1. The molecule has 0 spiro atoms. The predicted octanol–water partition coefficient (Wildman–Crippen LogP) is 1.79. The summed E-state index contributed by atoms with van der Waals surface area (Å²) in [5, 5.41) is 9.77. The summed E-state index contributed by atoms with van der Waals surface area (Å²) in [5.41, 5.74) is 7.40. The Morgan fingerprint density at radius 2 is 2.15 bits per heavy atom. The maximum absolute atomic E-state index is 9.77. The molecule has 1 aromatic carbocycles. The van der Waals surface area contributed by atoms with Crippen LogP contribution in [-0.4, -0.2) is 42.4 Å². The molecule has 0 aliphatic carbocycles. The Balaban J connectivity index is 2.19. The number of methoxy groups -OCH3 is 1. The van der Waals surface area contributed by atoms with E-state index in [0.29, 0.717) is 5.92 Å². The van der Waals surface area contributed by atoms with E-state index in [1.165, 1.54) is 5.56 Å². The zero-order valence-electron chi connectivity index (χ0n) is 12.6. The van der Waals surface area contributed by atoms with Gasteiger partial charge in [0.2, 0.25) is 0 Å². The minimum atomic E-state index is -0.251. The summed E-state index contributed by atoms with van der Waals surface area (Å²) in [6.07, 6.45) is 0.782. The summed E-state index contributed by atoms with van der Waals surface area (Å²) in [4.78, 5) is 2.39. The lowest BCUT2D eigenvalue weighted by atomic mass is 9.99. The standard InChI is InChI=1S/C16H26N2O2/c1-11(17)16(13-5-4-6-15(9-13)20-3)18-8-7-14(10-18)12(2)19/h4-6,9,11-12,14,16,19H,7-8,10,17H2,1-3H3. The Kier molecular flexibility index (Phi) is 5.02. The smallest absolute Gasteiger partial charge is 0.119 e. The molecule has 0 radical (unpaired) electrons. The lowest BCUT2D eigenvalue weighted by Gasteiger charge is -2.32. The molecular weight excluding hydrogens is 252 g/mol. The van der Waals surface area contributed by atoms with Gasteiger partial charge in [0.25, 0.3) is 0 Å². The van der Waals surface area contributed by atoms with Gasteiger partial charge in [0.1, 0.15) is 5.75 Å². The van der Waals surface area contributed by atoms with Crippen molar-refractivity contribution in [2.75, 3.05) is 20.2 Å². The van der Waals surface area contributed by atoms with Crippen molar-refractivity contribution >= 4 is 0 Å². The Morgan fingerprint density at radius 1 is 1.40 bits per heavy atom. The SMILES string of the molecule is COc1cccc(C(C(C)N)N2CCC(C(C)O)C2)c1. The fourth-order valence-electron chi connectivity index (χ4n) is 3.13. The van der Waals surface area contributed by atoms with Crippen LogP contribution in [0.15, 0.2) is 24.3 Å². The Hall–Kier alpha value is -1.10. The first kappa shape index (κ1) is 15.3. The van der Waals surface area contributed by atoms with E-state index in [4.69, 9.17) is 10.5 Å². The van der Waals surface area contributed by atoms with Crippen LogP contribution in [0.4, 0.5) is 0 Å². The van der Waals surface area contributed by atoms with E-state index in [-0.39, 0.29) is 18.2 Å². The first-order valence-electron chi connectivity index (χ1n) is 7.34. The molecule has 20 heavy (non-hydrogen) atoms. The molecule has 3 N–H and O–H groups in total. The van der Waals surface area contributed by atoms with Crippen molar-refractivity contribution in [3.8, 4) is 5.75 Å². The third-order valence-corrected chi connectivity index (χ3v) is 4.27. The molecule has 4 heteroatoms. The summed E-state index contributed by atoms with van der Waals surface area (Å²) in [6.45, 7) is 5.81. The van der Waals surface area contributed by atoms with Crippen LogP contribution in [0.25, 0.3) is 0 Å². The molecule has 4 unspecified atom stereocenters. The summed E-state index contributed by atoms with van der Waals surface area (Å²) < 4.78 is 5.31. The minimum Gasteiger partial charge on any atom is -0.497 e. The number of rotatable bonds is 5. The van der Waals surface area contributed by atoms with Gasteiger partial charge in [-0.25, -0.2) is 0 Å². The molecule has 0 bridgehead atoms. The molecule has 0 amide bonds. The predicted molar refractivity (Wildman–Crippen MR) is 80.7 cm³/mol. The highest BCUT2D eigenvalue weighted by molar-refractivity contribution is 5.31. The van der Waals surface area contributed by atoms with Crippen LogP contribution < -0.4 is 10.5 Å². The van der Waals surface area contributed by atoms with Crippen LogP contribution >= 0.6 is 0 Å². The minimum absolute atomic E-state index is 0.0369. The van der Waals surface area contributed by atoms with Crippen molar-refractivity contribution in [2.45, 2.75) is 38.5 Å². The van der Waals surface area contributed by atoms with E-state index in [0.717, 1.165) is 25.3 Å². The Labute approximate surface area is 121 Å². The molecule has 0 aromatic heterocycles. The molecule has 112 valence electrons. The molecule has 1 aliphatic heterocycles. The Morgan fingerprint density at radius 3 is 2.70 bits per heavy atom. The van der Waals surface area contributed by atoms with Crippen LogP contribution in [0.5, 0.6) is 5.75 Å². The third-order valence-electron chi connectivity index (χ3n) is 4.27. The average Bonchev–Trinajstić information content (AvgIpc) is 2.88. The van der Waals surface area contributed by atoms with Gasteiger partial charge in [0, 0.05) is 18.6 Å². The number of aliphatic hydroxyl groups excluding tert-OH is 1. The number of aliphatic hydroxyl groups is 1. The number of benzene rings is 1. The summed E-state index contributed by atoms with van der Waals surface area (Å²) in [7, 11) is 1.68. The first-order valence-corrected chi connectivity index (χ1v) is 7.34. The van der Waals surface area contributed by atoms with Gasteiger partial charge in [-0.3, -0.25) is 4.90 Å². The lowest BCUT2D eigenvalue weighted by molar-refractivity contribution is 0.119. The van der Waals surface area contributed by atoms with Crippen molar-refractivity contribution < 1.29 is 9.84 Å². The van der Waals surface area contributed by atoms with Crippen LogP contribution in [0, 0.1) is 5.92 Å². The van der Waals surface area contributed by atoms with Crippen LogP contribution in [0.3, 0.4) is 0 Å². The highest BCUT2D eigenvalue weighted by atomic mass is 16.5. The van der Waals surface area contributed by atoms with Gasteiger partial charge in [-0.1, -0.05) is 12.1 Å². The highest BCUT2D eigenvalue weighted by Crippen LogP contribution is 2.32. The van der Waals surface area contributed by atoms with Crippen LogP contribution in [0.2, 0.25) is 0 Å². The summed E-state index contributed by atoms with van der Waals surface area (Å²) >= 11 is 0. The topological polar surface area (TPSA) is 58.7 Å². The normalized spacial score (nSPS) is 24.4. The summed E-state index contributed by atoms with van der Waals surface area (Å²) in [6, 6.07) is 8.33. The number of likely N-dealkylation sites (tertiary alicyclic amines) is 1. The largest absolute Gasteiger partial charge is 0.497 e. The lowest BCUT2D eigenvalue weighted by Crippen LogP contribution is -2.38. The molecule has 1 heterocycles. The maximum atomic E-state index is 9.77. The van der Waals surface area contributed by atoms with E-state index in [2.05, 4.69) is 17.0 Å². The average molecular weight is 278 g/mol. The molecule has 4 nitrogen and oxygen atoms in total. The third kappa shape index (κ3) is 3.32. The van der Waals surface area contributed by atoms with E-state index in [9.17, 15) is 5.11 Å². The van der Waals surface area contributed by atoms with Gasteiger partial charge in [0.05, 0.1) is 13.2 Å².